The first-order valence-corrected chi connectivity index (χ1v) is 7.70. The Bertz CT molecular complexity index is 737. The van der Waals surface area contributed by atoms with Crippen LogP contribution in [0.1, 0.15) is 40.4 Å². The molecule has 0 aliphatic rings. The highest BCUT2D eigenvalue weighted by Gasteiger charge is 2.14. The van der Waals surface area contributed by atoms with Crippen molar-refractivity contribution in [1.82, 2.24) is 19.6 Å². The first-order chi connectivity index (χ1) is 10.7. The normalized spacial score (nSPS) is 9.55. The lowest BCUT2D eigenvalue weighted by atomic mass is 10.00. The molecular formula is C17H27N5. The predicted molar refractivity (Wildman–Crippen MR) is 94.9 cm³/mol. The highest BCUT2D eigenvalue weighted by Crippen LogP contribution is 2.30. The van der Waals surface area contributed by atoms with Crippen LogP contribution in [0.4, 0.5) is 5.82 Å². The lowest BCUT2D eigenvalue weighted by molar-refractivity contribution is 0.944. The molecule has 0 fully saturated rings. The predicted octanol–water partition coefficient (Wildman–Crippen LogP) is 4.29. The van der Waals surface area contributed by atoms with Crippen molar-refractivity contribution in [3.05, 3.63) is 41.9 Å². The highest BCUT2D eigenvalue weighted by atomic mass is 15.3. The monoisotopic (exact) mass is 302 g/mol. The molecule has 0 spiro atoms. The molecule has 120 valence electrons. The molecule has 22 heavy (non-hydrogen) atoms. The molecule has 3 aromatic rings. The molecule has 0 aliphatic carbocycles. The summed E-state index contributed by atoms with van der Waals surface area (Å²) in [5.74, 6) is 1.10. The minimum Gasteiger partial charge on any atom is -0.383 e. The molecule has 0 radical (unpaired) electrons. The van der Waals surface area contributed by atoms with Gasteiger partial charge in [-0.05, 0) is 25.0 Å². The van der Waals surface area contributed by atoms with Crippen LogP contribution < -0.4 is 5.73 Å². The van der Waals surface area contributed by atoms with Gasteiger partial charge in [-0.15, -0.1) is 0 Å². The average Bonchev–Trinajstić information content (AvgIpc) is 3.01. The Kier molecular flexibility index (Phi) is 6.50. The van der Waals surface area contributed by atoms with Gasteiger partial charge in [0.25, 0.3) is 5.78 Å². The van der Waals surface area contributed by atoms with Gasteiger partial charge < -0.3 is 5.73 Å². The molecule has 0 saturated carbocycles. The summed E-state index contributed by atoms with van der Waals surface area (Å²) in [5, 5.41) is 4.09. The van der Waals surface area contributed by atoms with Crippen molar-refractivity contribution in [3.63, 3.8) is 0 Å². The highest BCUT2D eigenvalue weighted by molar-refractivity contribution is 5.79. The van der Waals surface area contributed by atoms with Gasteiger partial charge >= 0.3 is 0 Å². The van der Waals surface area contributed by atoms with Crippen molar-refractivity contribution in [3.8, 4) is 11.1 Å². The van der Waals surface area contributed by atoms with Crippen molar-refractivity contribution in [2.45, 2.75) is 41.5 Å². The fourth-order valence-corrected chi connectivity index (χ4v) is 2.17. The summed E-state index contributed by atoms with van der Waals surface area (Å²) in [6, 6.07) is 8.09. The van der Waals surface area contributed by atoms with Gasteiger partial charge in [0.05, 0.1) is 5.69 Å². The van der Waals surface area contributed by atoms with Gasteiger partial charge in [-0.3, -0.25) is 0 Å². The summed E-state index contributed by atoms with van der Waals surface area (Å²) >= 11 is 0. The molecule has 1 aromatic carbocycles. The van der Waals surface area contributed by atoms with Crippen molar-refractivity contribution in [1.29, 1.82) is 0 Å². The number of aromatic nitrogens is 4. The van der Waals surface area contributed by atoms with E-state index < -0.39 is 0 Å². The Hall–Kier alpha value is -2.43. The van der Waals surface area contributed by atoms with E-state index in [1.807, 2.05) is 52.8 Å². The van der Waals surface area contributed by atoms with Crippen LogP contribution >= 0.6 is 0 Å². The van der Waals surface area contributed by atoms with E-state index in [9.17, 15) is 0 Å². The first kappa shape index (κ1) is 17.6. The second-order valence-corrected chi connectivity index (χ2v) is 4.24. The van der Waals surface area contributed by atoms with Gasteiger partial charge in [0.2, 0.25) is 0 Å². The fraction of sp³-hybridized carbons (Fsp3) is 0.353. The lowest BCUT2D eigenvalue weighted by Crippen LogP contribution is -2.06. The summed E-state index contributed by atoms with van der Waals surface area (Å²) in [4.78, 5) is 8.48. The van der Waals surface area contributed by atoms with E-state index in [4.69, 9.17) is 5.73 Å². The van der Waals surface area contributed by atoms with Gasteiger partial charge in [0, 0.05) is 6.99 Å². The van der Waals surface area contributed by atoms with Gasteiger partial charge in [0.1, 0.15) is 12.1 Å². The third kappa shape index (κ3) is 3.24. The zero-order chi connectivity index (χ0) is 16.7. The molecule has 0 saturated heterocycles. The number of nitrogens with zero attached hydrogens (tertiary/aromatic N) is 4. The van der Waals surface area contributed by atoms with Crippen LogP contribution in [-0.4, -0.2) is 19.6 Å². The van der Waals surface area contributed by atoms with Gasteiger partial charge in [-0.25, -0.2) is 4.98 Å². The van der Waals surface area contributed by atoms with Gasteiger partial charge in [-0.1, -0.05) is 52.0 Å². The second-order valence-electron chi connectivity index (χ2n) is 4.24. The van der Waals surface area contributed by atoms with E-state index in [0.717, 1.165) is 22.4 Å². The number of aryl methyl sites for hydroxylation is 2. The summed E-state index contributed by atoms with van der Waals surface area (Å²) in [7, 11) is 0. The Balaban J connectivity index is 0.000000901. The minimum absolute atomic E-state index is 0. The molecule has 0 unspecified atom stereocenters. The molecule has 5 heteroatoms. The molecule has 3 rings (SSSR count). The SMILES string of the molecule is CC.CC.Cc1ccccc1-c1c(C)nc2ncnn2c1N.[2HH]. The smallest absolute Gasteiger partial charge is 0.254 e. The van der Waals surface area contributed by atoms with Crippen LogP contribution in [0, 0.1) is 13.8 Å². The number of hydrogen-bond acceptors (Lipinski definition) is 4. The Morgan fingerprint density at radius 3 is 2.32 bits per heavy atom. The van der Waals surface area contributed by atoms with Crippen molar-refractivity contribution in [2.75, 3.05) is 5.73 Å². The maximum atomic E-state index is 6.19. The number of fused-ring (bicyclic) bond motifs is 1. The number of nitrogen functional groups attached to an aromatic ring is 1. The fourth-order valence-electron chi connectivity index (χ4n) is 2.17. The summed E-state index contributed by atoms with van der Waals surface area (Å²) in [6.07, 6.45) is 1.46. The molecular weight excluding hydrogens is 274 g/mol. The number of nitrogens with two attached hydrogens (primary N) is 1. The average molecular weight is 302 g/mol. The van der Waals surface area contributed by atoms with E-state index in [1.165, 1.54) is 6.33 Å². The second kappa shape index (κ2) is 8.12. The van der Waals surface area contributed by atoms with Crippen molar-refractivity contribution < 1.29 is 1.43 Å². The molecule has 5 nitrogen and oxygen atoms in total. The van der Waals surface area contributed by atoms with Crippen molar-refractivity contribution in [2.24, 2.45) is 0 Å². The molecule has 2 N–H and O–H groups in total. The maximum absolute atomic E-state index is 6.19. The quantitative estimate of drug-likeness (QED) is 0.728. The van der Waals surface area contributed by atoms with Crippen LogP contribution in [0.3, 0.4) is 0 Å². The van der Waals surface area contributed by atoms with E-state index in [0.29, 0.717) is 11.6 Å². The standard InChI is InChI=1S/C13H13N5.2C2H6.H2/c1-8-5-3-4-6-10(8)11-9(2)17-13-15-7-16-18(13)12(11)14;2*1-2;/h3-7H,14H2,1-2H3;2*1-2H3;1H/i;;;1+1. The van der Waals surface area contributed by atoms with Crippen LogP contribution in [-0.2, 0) is 0 Å². The van der Waals surface area contributed by atoms with E-state index in [2.05, 4.69) is 28.1 Å². The van der Waals surface area contributed by atoms with Crippen LogP contribution in [0.15, 0.2) is 30.6 Å². The van der Waals surface area contributed by atoms with Gasteiger partial charge in [-0.2, -0.15) is 14.6 Å². The van der Waals surface area contributed by atoms with Crippen LogP contribution in [0.5, 0.6) is 0 Å². The summed E-state index contributed by atoms with van der Waals surface area (Å²) in [5.41, 5.74) is 10.2. The molecule has 2 heterocycles. The summed E-state index contributed by atoms with van der Waals surface area (Å²) < 4.78 is 1.56. The van der Waals surface area contributed by atoms with Crippen LogP contribution in [0.25, 0.3) is 16.9 Å². The summed E-state index contributed by atoms with van der Waals surface area (Å²) in [6.45, 7) is 12.0. The molecule has 0 atom stereocenters. The zero-order valence-corrected chi connectivity index (χ0v) is 14.3. The number of rotatable bonds is 1. The third-order valence-electron chi connectivity index (χ3n) is 3.06. The number of anilines is 1. The molecule has 0 aliphatic heterocycles. The lowest BCUT2D eigenvalue weighted by Gasteiger charge is -2.12. The van der Waals surface area contributed by atoms with E-state index in [-0.39, 0.29) is 1.43 Å². The zero-order valence-electron chi connectivity index (χ0n) is 14.3. The topological polar surface area (TPSA) is 69.1 Å². The molecule has 0 bridgehead atoms. The largest absolute Gasteiger partial charge is 0.383 e. The van der Waals surface area contributed by atoms with Crippen LogP contribution in [0.2, 0.25) is 0 Å². The molecule has 0 amide bonds. The molecule has 2 aromatic heterocycles. The number of benzene rings is 1. The number of hydrogen-bond donors (Lipinski definition) is 1. The van der Waals surface area contributed by atoms with Gasteiger partial charge in [0.15, 0.2) is 0 Å². The first-order valence-electron chi connectivity index (χ1n) is 7.70. The Morgan fingerprint density at radius 1 is 1.05 bits per heavy atom. The van der Waals surface area contributed by atoms with Crippen molar-refractivity contribution >= 4 is 11.6 Å². The van der Waals surface area contributed by atoms with E-state index >= 15 is 0 Å². The third-order valence-corrected chi connectivity index (χ3v) is 3.06. The Morgan fingerprint density at radius 2 is 1.68 bits per heavy atom. The Labute approximate surface area is 133 Å². The maximum Gasteiger partial charge on any atom is 0.254 e. The minimum atomic E-state index is 0. The van der Waals surface area contributed by atoms with E-state index in [1.54, 1.807) is 4.52 Å².